The van der Waals surface area contributed by atoms with Crippen molar-refractivity contribution in [3.63, 3.8) is 0 Å². The van der Waals surface area contributed by atoms with Crippen LogP contribution in [-0.2, 0) is 22.3 Å². The largest absolute Gasteiger partial charge is 0.347 e. The van der Waals surface area contributed by atoms with E-state index in [0.29, 0.717) is 0 Å². The molecule has 2 aliphatic rings. The third-order valence-electron chi connectivity index (χ3n) is 2.92. The van der Waals surface area contributed by atoms with Crippen LogP contribution >= 0.6 is 27.3 Å². The van der Waals surface area contributed by atoms with Crippen molar-refractivity contribution in [3.8, 4) is 0 Å². The average Bonchev–Trinajstić information content (AvgIpc) is 2.77. The Morgan fingerprint density at radius 1 is 1.36 bits per heavy atom. The van der Waals surface area contributed by atoms with Gasteiger partial charge >= 0.3 is 0 Å². The molecule has 0 N–H and O–H groups in total. The molecule has 0 amide bonds. The number of halogens is 1. The topological polar surface area (TPSA) is 18.5 Å². The van der Waals surface area contributed by atoms with Gasteiger partial charge in [0, 0.05) is 27.6 Å². The maximum Gasteiger partial charge on any atom is 0.172 e. The monoisotopic (exact) mass is 274 g/mol. The Bertz CT molecular complexity index is 355. The van der Waals surface area contributed by atoms with Gasteiger partial charge in [0.25, 0.3) is 0 Å². The van der Waals surface area contributed by atoms with Crippen molar-refractivity contribution in [2.75, 3.05) is 13.2 Å². The number of thiophene rings is 1. The van der Waals surface area contributed by atoms with Gasteiger partial charge in [-0.3, -0.25) is 0 Å². The second-order valence-corrected chi connectivity index (χ2v) is 5.59. The maximum absolute atomic E-state index is 5.72. The first-order chi connectivity index (χ1) is 6.79. The summed E-state index contributed by atoms with van der Waals surface area (Å²) in [5, 5.41) is 2.17. The summed E-state index contributed by atoms with van der Waals surface area (Å²) in [6.07, 6.45) is 3.00. The van der Waals surface area contributed by atoms with Gasteiger partial charge in [-0.2, -0.15) is 0 Å². The van der Waals surface area contributed by atoms with E-state index < -0.39 is 0 Å². The molecule has 0 aromatic carbocycles. The van der Waals surface area contributed by atoms with Crippen LogP contribution in [0.3, 0.4) is 0 Å². The first-order valence-electron chi connectivity index (χ1n) is 4.82. The van der Waals surface area contributed by atoms with E-state index in [9.17, 15) is 0 Å². The SMILES string of the molecule is Brc1csc2c1CC1(CC2)OCCO1. The summed E-state index contributed by atoms with van der Waals surface area (Å²) < 4.78 is 12.7. The maximum atomic E-state index is 5.72. The minimum Gasteiger partial charge on any atom is -0.347 e. The van der Waals surface area contributed by atoms with Gasteiger partial charge in [0.15, 0.2) is 5.79 Å². The van der Waals surface area contributed by atoms with Crippen LogP contribution in [0.1, 0.15) is 16.9 Å². The molecule has 1 aliphatic carbocycles. The molecule has 1 saturated heterocycles. The van der Waals surface area contributed by atoms with Gasteiger partial charge in [-0.15, -0.1) is 11.3 Å². The normalized spacial score (nSPS) is 24.1. The van der Waals surface area contributed by atoms with E-state index in [2.05, 4.69) is 21.3 Å². The molecule has 2 nitrogen and oxygen atoms in total. The third kappa shape index (κ3) is 1.36. The van der Waals surface area contributed by atoms with E-state index in [0.717, 1.165) is 32.5 Å². The Morgan fingerprint density at radius 3 is 2.93 bits per heavy atom. The van der Waals surface area contributed by atoms with Crippen molar-refractivity contribution in [1.82, 2.24) is 0 Å². The Kier molecular flexibility index (Phi) is 2.20. The highest BCUT2D eigenvalue weighted by atomic mass is 79.9. The molecule has 1 aliphatic heterocycles. The number of ether oxygens (including phenoxy) is 2. The molecule has 0 radical (unpaired) electrons. The van der Waals surface area contributed by atoms with Crippen molar-refractivity contribution in [2.45, 2.75) is 25.0 Å². The molecule has 1 aromatic rings. The highest BCUT2D eigenvalue weighted by Crippen LogP contribution is 2.40. The lowest BCUT2D eigenvalue weighted by Gasteiger charge is -2.31. The van der Waals surface area contributed by atoms with Crippen LogP contribution in [0.4, 0.5) is 0 Å². The second-order valence-electron chi connectivity index (χ2n) is 3.77. The Morgan fingerprint density at radius 2 is 2.14 bits per heavy atom. The fourth-order valence-electron chi connectivity index (χ4n) is 2.20. The molecule has 2 heterocycles. The molecule has 1 aromatic heterocycles. The number of rotatable bonds is 0. The fourth-order valence-corrected chi connectivity index (χ4v) is 3.92. The van der Waals surface area contributed by atoms with Crippen LogP contribution in [0, 0.1) is 0 Å². The minimum atomic E-state index is -0.295. The van der Waals surface area contributed by atoms with Crippen LogP contribution in [0.2, 0.25) is 0 Å². The van der Waals surface area contributed by atoms with Crippen LogP contribution in [-0.4, -0.2) is 19.0 Å². The van der Waals surface area contributed by atoms with Crippen LogP contribution in [0.5, 0.6) is 0 Å². The first kappa shape index (κ1) is 9.33. The molecule has 3 rings (SSSR count). The molecule has 76 valence electrons. The number of fused-ring (bicyclic) bond motifs is 1. The van der Waals surface area contributed by atoms with Gasteiger partial charge in [0.1, 0.15) is 0 Å². The lowest BCUT2D eigenvalue weighted by atomic mass is 9.93. The Hall–Kier alpha value is 0.1000. The van der Waals surface area contributed by atoms with Crippen molar-refractivity contribution in [1.29, 1.82) is 0 Å². The quantitative estimate of drug-likeness (QED) is 0.725. The summed E-state index contributed by atoms with van der Waals surface area (Å²) in [5.74, 6) is -0.295. The number of aryl methyl sites for hydroxylation is 1. The summed E-state index contributed by atoms with van der Waals surface area (Å²) in [4.78, 5) is 1.49. The van der Waals surface area contributed by atoms with Crippen LogP contribution in [0.15, 0.2) is 9.85 Å². The lowest BCUT2D eigenvalue weighted by molar-refractivity contribution is -0.163. The van der Waals surface area contributed by atoms with Crippen molar-refractivity contribution < 1.29 is 9.47 Å². The summed E-state index contributed by atoms with van der Waals surface area (Å²) in [5.41, 5.74) is 1.39. The standard InChI is InChI=1S/C10H11BrO2S/c11-8-6-14-9-1-2-10(5-7(8)9)12-3-4-13-10/h6H,1-5H2. The van der Waals surface area contributed by atoms with Gasteiger partial charge in [-0.05, 0) is 27.9 Å². The zero-order valence-corrected chi connectivity index (χ0v) is 10.1. The zero-order valence-electron chi connectivity index (χ0n) is 7.72. The third-order valence-corrected chi connectivity index (χ3v) is 5.02. The molecule has 14 heavy (non-hydrogen) atoms. The summed E-state index contributed by atoms with van der Waals surface area (Å²) in [7, 11) is 0. The second kappa shape index (κ2) is 3.30. The van der Waals surface area contributed by atoms with Crippen molar-refractivity contribution in [2.24, 2.45) is 0 Å². The van der Waals surface area contributed by atoms with E-state index in [1.807, 2.05) is 11.3 Å². The van der Waals surface area contributed by atoms with E-state index in [1.54, 1.807) is 0 Å². The number of hydrogen-bond acceptors (Lipinski definition) is 3. The van der Waals surface area contributed by atoms with E-state index in [-0.39, 0.29) is 5.79 Å². The molecule has 0 unspecified atom stereocenters. The van der Waals surface area contributed by atoms with Gasteiger partial charge in [0.05, 0.1) is 13.2 Å². The summed E-state index contributed by atoms with van der Waals surface area (Å²) in [6, 6.07) is 0. The smallest absolute Gasteiger partial charge is 0.172 e. The number of hydrogen-bond donors (Lipinski definition) is 0. The van der Waals surface area contributed by atoms with Crippen LogP contribution < -0.4 is 0 Å². The Balaban J connectivity index is 1.95. The van der Waals surface area contributed by atoms with Crippen LogP contribution in [0.25, 0.3) is 0 Å². The van der Waals surface area contributed by atoms with Gasteiger partial charge in [-0.1, -0.05) is 0 Å². The van der Waals surface area contributed by atoms with Crippen molar-refractivity contribution >= 4 is 27.3 Å². The Labute approximate surface area is 95.3 Å². The average molecular weight is 275 g/mol. The fraction of sp³-hybridized carbons (Fsp3) is 0.600. The van der Waals surface area contributed by atoms with Gasteiger partial charge in [-0.25, -0.2) is 0 Å². The summed E-state index contributed by atoms with van der Waals surface area (Å²) >= 11 is 5.42. The zero-order chi connectivity index (χ0) is 9.60. The summed E-state index contributed by atoms with van der Waals surface area (Å²) in [6.45, 7) is 1.49. The van der Waals surface area contributed by atoms with Gasteiger partial charge in [0.2, 0.25) is 0 Å². The molecule has 0 saturated carbocycles. The molecule has 4 heteroatoms. The predicted octanol–water partition coefficient (Wildman–Crippen LogP) is 2.74. The van der Waals surface area contributed by atoms with E-state index >= 15 is 0 Å². The van der Waals surface area contributed by atoms with Crippen molar-refractivity contribution in [3.05, 3.63) is 20.3 Å². The van der Waals surface area contributed by atoms with E-state index in [4.69, 9.17) is 9.47 Å². The highest BCUT2D eigenvalue weighted by Gasteiger charge is 2.40. The predicted molar refractivity (Wildman–Crippen MR) is 58.7 cm³/mol. The molecular weight excluding hydrogens is 264 g/mol. The van der Waals surface area contributed by atoms with Gasteiger partial charge < -0.3 is 9.47 Å². The highest BCUT2D eigenvalue weighted by molar-refractivity contribution is 9.10. The molecule has 0 bridgehead atoms. The van der Waals surface area contributed by atoms with E-state index in [1.165, 1.54) is 14.9 Å². The molecule has 1 fully saturated rings. The minimum absolute atomic E-state index is 0.295. The molecule has 1 spiro atoms. The first-order valence-corrected chi connectivity index (χ1v) is 6.49. The molecule has 0 atom stereocenters. The lowest BCUT2D eigenvalue weighted by Crippen LogP contribution is -2.36. The molecular formula is C10H11BrO2S.